The Morgan fingerprint density at radius 1 is 1.18 bits per heavy atom. The normalized spacial score (nSPS) is 13.1. The first kappa shape index (κ1) is 17.1. The van der Waals surface area contributed by atoms with Crippen LogP contribution in [0.4, 0.5) is 0 Å². The lowest BCUT2D eigenvalue weighted by molar-refractivity contribution is -0.148. The lowest BCUT2D eigenvalue weighted by atomic mass is 10.2. The molecule has 0 aliphatic heterocycles. The van der Waals surface area contributed by atoms with Gasteiger partial charge in [0.25, 0.3) is 5.91 Å². The zero-order valence-electron chi connectivity index (χ0n) is 13.0. The summed E-state index contributed by atoms with van der Waals surface area (Å²) in [4.78, 5) is 14.3. The summed E-state index contributed by atoms with van der Waals surface area (Å²) in [5.41, 5.74) is 0.630. The van der Waals surface area contributed by atoms with E-state index in [0.29, 0.717) is 15.6 Å². The Hall–Kier alpha value is -1.23. The number of aliphatic hydroxyl groups excluding tert-OH is 1. The van der Waals surface area contributed by atoms with Crippen molar-refractivity contribution in [3.05, 3.63) is 34.4 Å². The summed E-state index contributed by atoms with van der Waals surface area (Å²) in [6, 6.07) is 5.08. The number of hydrogen-bond acceptors (Lipinski definition) is 2. The molecule has 1 heterocycles. The van der Waals surface area contributed by atoms with Crippen LogP contribution in [0.1, 0.15) is 33.9 Å². The zero-order chi connectivity index (χ0) is 16.6. The fourth-order valence-electron chi connectivity index (χ4n) is 2.76. The van der Waals surface area contributed by atoms with E-state index in [2.05, 4.69) is 0 Å². The van der Waals surface area contributed by atoms with Crippen LogP contribution in [0.15, 0.2) is 24.4 Å². The fourth-order valence-corrected chi connectivity index (χ4v) is 3.30. The number of hydrogen-bond donors (Lipinski definition) is 1. The van der Waals surface area contributed by atoms with Crippen molar-refractivity contribution in [3.63, 3.8) is 0 Å². The van der Waals surface area contributed by atoms with Gasteiger partial charge in [-0.2, -0.15) is 0 Å². The Labute approximate surface area is 140 Å². The van der Waals surface area contributed by atoms with Crippen LogP contribution < -0.4 is 0 Å². The molecular weight excluding hydrogens is 323 g/mol. The number of nitrogens with zero attached hydrogens (tertiary/aromatic N) is 2. The van der Waals surface area contributed by atoms with Crippen LogP contribution in [0.2, 0.25) is 10.0 Å². The number of carbonyl (C=O) groups is 1. The average molecular weight is 343 g/mol. The van der Waals surface area contributed by atoms with Crippen LogP contribution in [0, 0.1) is 0 Å². The second kappa shape index (κ2) is 6.49. The van der Waals surface area contributed by atoms with Crippen molar-refractivity contribution in [1.29, 1.82) is 0 Å². The number of carbonyl (C=O) groups excluding carboxylic acids is 1. The van der Waals surface area contributed by atoms with Crippen molar-refractivity contribution >= 4 is 40.0 Å². The van der Waals surface area contributed by atoms with Gasteiger partial charge in [-0.15, -0.1) is 0 Å². The molecule has 2 aromatic rings. The van der Waals surface area contributed by atoms with Crippen molar-refractivity contribution in [1.82, 2.24) is 9.47 Å². The molecule has 0 fully saturated rings. The van der Waals surface area contributed by atoms with E-state index in [-0.39, 0.29) is 18.0 Å². The molecule has 0 spiro atoms. The molecule has 2 rings (SSSR count). The first-order valence-corrected chi connectivity index (χ1v) is 7.95. The highest BCUT2D eigenvalue weighted by atomic mass is 35.5. The molecule has 1 unspecified atom stereocenters. The third-order valence-electron chi connectivity index (χ3n) is 3.60. The maximum atomic E-state index is 12.6. The first-order valence-electron chi connectivity index (χ1n) is 7.20. The van der Waals surface area contributed by atoms with Crippen molar-refractivity contribution in [3.8, 4) is 0 Å². The number of fused-ring (bicyclic) bond motifs is 1. The number of aromatic nitrogens is 1. The number of halogens is 2. The monoisotopic (exact) mass is 342 g/mol. The average Bonchev–Trinajstić information content (AvgIpc) is 2.80. The smallest absolute Gasteiger partial charge is 0.273 e. The molecule has 4 nitrogen and oxygen atoms in total. The van der Waals surface area contributed by atoms with Crippen molar-refractivity contribution < 1.29 is 9.90 Å². The van der Waals surface area contributed by atoms with E-state index in [9.17, 15) is 9.90 Å². The molecule has 0 saturated heterocycles. The van der Waals surface area contributed by atoms with Gasteiger partial charge in [0.2, 0.25) is 6.23 Å². The summed E-state index contributed by atoms with van der Waals surface area (Å²) >= 11 is 12.2. The molecule has 1 atom stereocenters. The van der Waals surface area contributed by atoms with Crippen LogP contribution in [-0.2, 0) is 4.79 Å². The maximum absolute atomic E-state index is 12.6. The molecule has 1 aromatic heterocycles. The van der Waals surface area contributed by atoms with E-state index >= 15 is 0 Å². The summed E-state index contributed by atoms with van der Waals surface area (Å²) < 4.78 is 1.49. The molecule has 1 aromatic carbocycles. The van der Waals surface area contributed by atoms with Gasteiger partial charge < -0.3 is 14.6 Å². The molecule has 1 amide bonds. The maximum Gasteiger partial charge on any atom is 0.273 e. The van der Waals surface area contributed by atoms with Crippen LogP contribution in [0.5, 0.6) is 0 Å². The third-order valence-corrected chi connectivity index (χ3v) is 4.13. The highest BCUT2D eigenvalue weighted by Crippen LogP contribution is 2.30. The quantitative estimate of drug-likeness (QED) is 0.909. The van der Waals surface area contributed by atoms with E-state index in [1.54, 1.807) is 29.3 Å². The largest absolute Gasteiger partial charge is 0.365 e. The van der Waals surface area contributed by atoms with Crippen LogP contribution in [0.3, 0.4) is 0 Å². The van der Waals surface area contributed by atoms with E-state index in [1.807, 2.05) is 27.7 Å². The Kier molecular flexibility index (Phi) is 5.05. The lowest BCUT2D eigenvalue weighted by Crippen LogP contribution is -2.45. The topological polar surface area (TPSA) is 45.5 Å². The van der Waals surface area contributed by atoms with Crippen LogP contribution >= 0.6 is 23.2 Å². The van der Waals surface area contributed by atoms with E-state index in [1.165, 1.54) is 4.57 Å². The van der Waals surface area contributed by atoms with Gasteiger partial charge in [0.1, 0.15) is 0 Å². The second-order valence-electron chi connectivity index (χ2n) is 5.85. The van der Waals surface area contributed by atoms with Crippen LogP contribution in [0.25, 0.3) is 10.9 Å². The number of rotatable bonds is 4. The summed E-state index contributed by atoms with van der Waals surface area (Å²) in [6.07, 6.45) is 0.339. The van der Waals surface area contributed by atoms with Crippen molar-refractivity contribution in [2.45, 2.75) is 46.0 Å². The zero-order valence-corrected chi connectivity index (χ0v) is 14.6. The second-order valence-corrected chi connectivity index (χ2v) is 6.69. The van der Waals surface area contributed by atoms with Crippen molar-refractivity contribution in [2.75, 3.05) is 0 Å². The highest BCUT2D eigenvalue weighted by molar-refractivity contribution is 6.38. The Morgan fingerprint density at radius 2 is 1.77 bits per heavy atom. The molecule has 0 radical (unpaired) electrons. The Bertz CT molecular complexity index is 687. The molecular formula is C16H20Cl2N2O2. The molecule has 120 valence electrons. The standard InChI is InChI=1S/C16H20Cl2N2O2/c1-9(2)20(10(3)4)16(22)15(21)19-6-5-12-13(18)7-11(17)8-14(12)19/h5-10,15,21H,1-4H3. The van der Waals surface area contributed by atoms with E-state index < -0.39 is 6.23 Å². The Morgan fingerprint density at radius 3 is 2.32 bits per heavy atom. The van der Waals surface area contributed by atoms with Gasteiger partial charge in [-0.05, 0) is 45.9 Å². The minimum absolute atomic E-state index is 0.00356. The summed E-state index contributed by atoms with van der Waals surface area (Å²) in [6.45, 7) is 7.69. The predicted octanol–water partition coefficient (Wildman–Crippen LogP) is 4.08. The van der Waals surface area contributed by atoms with Gasteiger partial charge >= 0.3 is 0 Å². The SMILES string of the molecule is CC(C)N(C(=O)C(O)n1ccc2c(Cl)cc(Cl)cc21)C(C)C. The summed E-state index contributed by atoms with van der Waals surface area (Å²) in [5.74, 6) is -0.349. The van der Waals surface area contributed by atoms with Gasteiger partial charge in [-0.3, -0.25) is 4.79 Å². The first-order chi connectivity index (χ1) is 10.2. The minimum atomic E-state index is -1.31. The molecule has 0 aliphatic carbocycles. The number of amides is 1. The Balaban J connectivity index is 2.45. The molecule has 22 heavy (non-hydrogen) atoms. The minimum Gasteiger partial charge on any atom is -0.365 e. The summed E-state index contributed by atoms with van der Waals surface area (Å²) in [5, 5.41) is 12.2. The summed E-state index contributed by atoms with van der Waals surface area (Å²) in [7, 11) is 0. The molecule has 0 bridgehead atoms. The molecule has 0 aliphatic rings. The predicted molar refractivity (Wildman–Crippen MR) is 90.3 cm³/mol. The molecule has 0 saturated carbocycles. The van der Waals surface area contributed by atoms with Gasteiger partial charge in [-0.1, -0.05) is 23.2 Å². The number of aliphatic hydroxyl groups is 1. The van der Waals surface area contributed by atoms with Gasteiger partial charge in [0, 0.05) is 28.7 Å². The third kappa shape index (κ3) is 3.09. The van der Waals surface area contributed by atoms with Crippen LogP contribution in [-0.4, -0.2) is 32.6 Å². The van der Waals surface area contributed by atoms with E-state index in [0.717, 1.165) is 5.39 Å². The van der Waals surface area contributed by atoms with Gasteiger partial charge in [-0.25, -0.2) is 0 Å². The van der Waals surface area contributed by atoms with E-state index in [4.69, 9.17) is 23.2 Å². The van der Waals surface area contributed by atoms with Crippen molar-refractivity contribution in [2.24, 2.45) is 0 Å². The highest BCUT2D eigenvalue weighted by Gasteiger charge is 2.28. The lowest BCUT2D eigenvalue weighted by Gasteiger charge is -2.33. The van der Waals surface area contributed by atoms with Gasteiger partial charge in [0.05, 0.1) is 10.5 Å². The number of benzene rings is 1. The van der Waals surface area contributed by atoms with Gasteiger partial charge in [0.15, 0.2) is 0 Å². The fraction of sp³-hybridized carbons (Fsp3) is 0.438. The molecule has 6 heteroatoms. The molecule has 1 N–H and O–H groups in total.